The van der Waals surface area contributed by atoms with E-state index in [0.717, 1.165) is 16.0 Å². The molecule has 3 aromatic rings. The highest BCUT2D eigenvalue weighted by Crippen LogP contribution is 2.30. The van der Waals surface area contributed by atoms with Crippen LogP contribution in [0.5, 0.6) is 0 Å². The molecular weight excluding hydrogens is 560 g/mol. The molecule has 0 spiro atoms. The van der Waals surface area contributed by atoms with E-state index >= 15 is 0 Å². The molecule has 0 saturated carbocycles. The minimum atomic E-state index is -1.89. The van der Waals surface area contributed by atoms with Gasteiger partial charge in [0.25, 0.3) is 11.6 Å². The molecule has 3 atom stereocenters. The zero-order valence-electron chi connectivity index (χ0n) is 23.0. The van der Waals surface area contributed by atoms with Crippen LogP contribution >= 0.6 is 0 Å². The van der Waals surface area contributed by atoms with E-state index in [1.807, 2.05) is 36.4 Å². The predicted molar refractivity (Wildman–Crippen MR) is 155 cm³/mol. The molecule has 11 nitrogen and oxygen atoms in total. The molecule has 0 aliphatic carbocycles. The average molecular weight is 591 g/mol. The number of hydrogen-bond donors (Lipinski definition) is 2. The Morgan fingerprint density at radius 3 is 2.10 bits per heavy atom. The molecule has 2 amide bonds. The Balaban J connectivity index is 1.52. The standard InChI is InChI=1S/C30H30N4O7S/c1-20(2)27(30(37)41-19-23-13-15-24(16-14-23)34(38)39)33-28(36)26(32-25(35)17-21-9-5-3-6-10-21)29(33)42(40)31-18-22-11-7-4-8-12-22/h3-16,26,29,31H,17-19H2,1-2H3,(H,32,35)/t26-,29-,42?/m1/s1. The number of nitrogens with one attached hydrogen (secondary N) is 2. The van der Waals surface area contributed by atoms with Crippen molar-refractivity contribution in [3.63, 3.8) is 0 Å². The maximum absolute atomic E-state index is 13.5. The summed E-state index contributed by atoms with van der Waals surface area (Å²) in [6.45, 7) is 3.27. The lowest BCUT2D eigenvalue weighted by molar-refractivity contribution is -0.384. The summed E-state index contributed by atoms with van der Waals surface area (Å²) in [5, 5.41) is 12.5. The average Bonchev–Trinajstić information content (AvgIpc) is 2.98. The van der Waals surface area contributed by atoms with E-state index in [2.05, 4.69) is 10.0 Å². The minimum Gasteiger partial charge on any atom is -0.456 e. The third kappa shape index (κ3) is 7.33. The summed E-state index contributed by atoms with van der Waals surface area (Å²) >= 11 is 0. The van der Waals surface area contributed by atoms with Crippen LogP contribution in [-0.4, -0.2) is 43.2 Å². The van der Waals surface area contributed by atoms with Crippen LogP contribution in [0.4, 0.5) is 5.69 Å². The fraction of sp³-hybridized carbons (Fsp3) is 0.233. The van der Waals surface area contributed by atoms with Crippen LogP contribution < -0.4 is 10.0 Å². The number of amides is 2. The van der Waals surface area contributed by atoms with Gasteiger partial charge in [-0.2, -0.15) is 0 Å². The van der Waals surface area contributed by atoms with E-state index in [1.165, 1.54) is 24.3 Å². The second-order valence-electron chi connectivity index (χ2n) is 9.76. The third-order valence-electron chi connectivity index (χ3n) is 6.47. The molecule has 0 bridgehead atoms. The lowest BCUT2D eigenvalue weighted by Gasteiger charge is -2.46. The van der Waals surface area contributed by atoms with Crippen molar-refractivity contribution in [2.75, 3.05) is 0 Å². The van der Waals surface area contributed by atoms with E-state index in [4.69, 9.17) is 4.74 Å². The lowest BCUT2D eigenvalue weighted by atomic mass is 10.0. The molecule has 2 N–H and O–H groups in total. The number of benzene rings is 3. The predicted octanol–water partition coefficient (Wildman–Crippen LogP) is 3.28. The van der Waals surface area contributed by atoms with Crippen molar-refractivity contribution in [3.8, 4) is 0 Å². The van der Waals surface area contributed by atoms with E-state index in [0.29, 0.717) is 11.1 Å². The molecule has 1 unspecified atom stereocenters. The molecule has 1 fully saturated rings. The maximum Gasteiger partial charge on any atom is 0.355 e. The molecule has 1 heterocycles. The Hall–Kier alpha value is -4.68. The number of rotatable bonds is 12. The van der Waals surface area contributed by atoms with Crippen molar-refractivity contribution in [1.29, 1.82) is 0 Å². The minimum absolute atomic E-state index is 0.0220. The van der Waals surface area contributed by atoms with Crippen molar-refractivity contribution in [2.24, 2.45) is 0 Å². The SMILES string of the molecule is CC(C)=C(C(=O)OCc1ccc([N+](=O)[O-])cc1)N1C(=O)[C@@H](NC(=O)Cc2ccccc2)[C@H]1S(=O)NCc1ccccc1. The van der Waals surface area contributed by atoms with Crippen LogP contribution in [0.25, 0.3) is 0 Å². The molecule has 1 saturated heterocycles. The molecule has 1 aliphatic heterocycles. The number of non-ortho nitro benzene ring substituents is 1. The fourth-order valence-corrected chi connectivity index (χ4v) is 5.68. The lowest BCUT2D eigenvalue weighted by Crippen LogP contribution is -2.73. The van der Waals surface area contributed by atoms with Crippen LogP contribution in [0.2, 0.25) is 0 Å². The van der Waals surface area contributed by atoms with Crippen LogP contribution in [0.15, 0.2) is 96.2 Å². The first kappa shape index (κ1) is 30.3. The summed E-state index contributed by atoms with van der Waals surface area (Å²) in [7, 11) is -1.89. The number of ether oxygens (including phenoxy) is 1. The van der Waals surface area contributed by atoms with Crippen molar-refractivity contribution in [2.45, 2.75) is 44.8 Å². The number of carbonyl (C=O) groups excluding carboxylic acids is 3. The van der Waals surface area contributed by atoms with Crippen LogP contribution in [-0.2, 0) is 49.7 Å². The summed E-state index contributed by atoms with van der Waals surface area (Å²) in [6.07, 6.45) is 0.0220. The van der Waals surface area contributed by atoms with Crippen molar-refractivity contribution < 1.29 is 28.3 Å². The van der Waals surface area contributed by atoms with E-state index < -0.39 is 45.1 Å². The zero-order chi connectivity index (χ0) is 30.2. The number of hydrogen-bond acceptors (Lipinski definition) is 7. The van der Waals surface area contributed by atoms with Gasteiger partial charge >= 0.3 is 5.97 Å². The molecule has 12 heteroatoms. The summed E-state index contributed by atoms with van der Waals surface area (Å²) < 4.78 is 21.9. The van der Waals surface area contributed by atoms with Crippen LogP contribution in [0.1, 0.15) is 30.5 Å². The van der Waals surface area contributed by atoms with E-state index in [9.17, 15) is 28.7 Å². The van der Waals surface area contributed by atoms with Gasteiger partial charge in [-0.25, -0.2) is 13.7 Å². The number of esters is 1. The number of nitro groups is 1. The number of carbonyl (C=O) groups is 3. The largest absolute Gasteiger partial charge is 0.456 e. The number of likely N-dealkylation sites (tertiary alicyclic amines) is 1. The van der Waals surface area contributed by atoms with Gasteiger partial charge in [-0.05, 0) is 48.2 Å². The number of nitrogens with zero attached hydrogens (tertiary/aromatic N) is 2. The number of β-lactam (4-membered cyclic amide) rings is 1. The first-order valence-corrected chi connectivity index (χ1v) is 14.3. The fourth-order valence-electron chi connectivity index (χ4n) is 4.37. The summed E-state index contributed by atoms with van der Waals surface area (Å²) in [5.74, 6) is -1.86. The molecule has 0 aromatic heterocycles. The second-order valence-corrected chi connectivity index (χ2v) is 11.1. The van der Waals surface area contributed by atoms with Gasteiger partial charge in [-0.15, -0.1) is 0 Å². The van der Waals surface area contributed by atoms with Gasteiger partial charge in [0.15, 0.2) is 5.37 Å². The van der Waals surface area contributed by atoms with Crippen LogP contribution in [0, 0.1) is 10.1 Å². The van der Waals surface area contributed by atoms with Gasteiger partial charge in [-0.1, -0.05) is 60.7 Å². The van der Waals surface area contributed by atoms with E-state index in [-0.39, 0.29) is 31.0 Å². The Bertz CT molecular complexity index is 1510. The number of nitro benzene ring substituents is 1. The normalized spacial score (nSPS) is 16.6. The van der Waals surface area contributed by atoms with Gasteiger partial charge in [0.1, 0.15) is 29.3 Å². The third-order valence-corrected chi connectivity index (χ3v) is 7.82. The van der Waals surface area contributed by atoms with E-state index in [1.54, 1.807) is 38.1 Å². The summed E-state index contributed by atoms with van der Waals surface area (Å²) in [6, 6.07) is 22.6. The topological polar surface area (TPSA) is 148 Å². The summed E-state index contributed by atoms with van der Waals surface area (Å²) in [4.78, 5) is 51.0. The highest BCUT2D eigenvalue weighted by molar-refractivity contribution is 7.83. The monoisotopic (exact) mass is 590 g/mol. The van der Waals surface area contributed by atoms with Gasteiger partial charge in [0.05, 0.1) is 11.3 Å². The molecular formula is C30H30N4O7S. The van der Waals surface area contributed by atoms with Crippen molar-refractivity contribution in [1.82, 2.24) is 14.9 Å². The molecule has 0 radical (unpaired) electrons. The molecule has 218 valence electrons. The van der Waals surface area contributed by atoms with Crippen molar-refractivity contribution in [3.05, 3.63) is 123 Å². The zero-order valence-corrected chi connectivity index (χ0v) is 23.8. The first-order chi connectivity index (χ1) is 20.2. The Morgan fingerprint density at radius 1 is 0.929 bits per heavy atom. The van der Waals surface area contributed by atoms with Gasteiger partial charge in [0.2, 0.25) is 5.91 Å². The first-order valence-electron chi connectivity index (χ1n) is 13.1. The Morgan fingerprint density at radius 2 is 1.52 bits per heavy atom. The summed E-state index contributed by atoms with van der Waals surface area (Å²) in [5.41, 5.74) is 2.37. The highest BCUT2D eigenvalue weighted by Gasteiger charge is 2.55. The van der Waals surface area contributed by atoms with Crippen LogP contribution in [0.3, 0.4) is 0 Å². The van der Waals surface area contributed by atoms with Gasteiger partial charge in [-0.3, -0.25) is 24.6 Å². The molecule has 3 aromatic carbocycles. The second kappa shape index (κ2) is 13.8. The highest BCUT2D eigenvalue weighted by atomic mass is 32.2. The maximum atomic E-state index is 13.5. The number of allylic oxidation sites excluding steroid dienone is 1. The molecule has 42 heavy (non-hydrogen) atoms. The molecule has 1 aliphatic rings. The Kier molecular flexibility index (Phi) is 9.94. The molecule has 4 rings (SSSR count). The van der Waals surface area contributed by atoms with Gasteiger partial charge in [0, 0.05) is 18.7 Å². The smallest absolute Gasteiger partial charge is 0.355 e. The Labute approximate surface area is 245 Å². The van der Waals surface area contributed by atoms with Gasteiger partial charge < -0.3 is 10.1 Å². The quantitative estimate of drug-likeness (QED) is 0.108. The van der Waals surface area contributed by atoms with Crippen molar-refractivity contribution >= 4 is 34.5 Å².